The summed E-state index contributed by atoms with van der Waals surface area (Å²) in [4.78, 5) is 2.04. The maximum atomic E-state index is 13.2. The highest BCUT2D eigenvalue weighted by molar-refractivity contribution is 7.92. The quantitative estimate of drug-likeness (QED) is 0.943. The summed E-state index contributed by atoms with van der Waals surface area (Å²) in [6.07, 6.45) is 0. The third-order valence-corrected chi connectivity index (χ3v) is 4.79. The summed E-state index contributed by atoms with van der Waals surface area (Å²) in [7, 11) is -1.91. The standard InChI is InChI=1S/C15H15FN2O3S/c1-18-7-8-21-15-6-5-13(10-14(15)18)22(19,20)17-12-4-2-3-11(16)9-12/h2-6,9-10,17H,7-8H2,1H3. The molecule has 0 radical (unpaired) electrons. The van der Waals surface area contributed by atoms with E-state index in [4.69, 9.17) is 4.74 Å². The van der Waals surface area contributed by atoms with E-state index >= 15 is 0 Å². The van der Waals surface area contributed by atoms with Gasteiger partial charge >= 0.3 is 0 Å². The number of likely N-dealkylation sites (N-methyl/N-ethyl adjacent to an activating group) is 1. The Labute approximate surface area is 128 Å². The van der Waals surface area contributed by atoms with E-state index < -0.39 is 15.8 Å². The first kappa shape index (κ1) is 14.6. The van der Waals surface area contributed by atoms with E-state index in [2.05, 4.69) is 4.72 Å². The molecule has 2 aromatic carbocycles. The maximum absolute atomic E-state index is 13.2. The number of fused-ring (bicyclic) bond motifs is 1. The van der Waals surface area contributed by atoms with E-state index in [9.17, 15) is 12.8 Å². The molecule has 0 aliphatic carbocycles. The highest BCUT2D eigenvalue weighted by Gasteiger charge is 2.20. The molecular weight excluding hydrogens is 307 g/mol. The first-order valence-corrected chi connectivity index (χ1v) is 8.20. The summed E-state index contributed by atoms with van der Waals surface area (Å²) in [6.45, 7) is 1.25. The second-order valence-corrected chi connectivity index (χ2v) is 6.70. The van der Waals surface area contributed by atoms with Gasteiger partial charge in [0.25, 0.3) is 10.0 Å². The normalized spacial score (nSPS) is 14.2. The number of sulfonamides is 1. The molecule has 0 aromatic heterocycles. The van der Waals surface area contributed by atoms with Crippen LogP contribution in [0.25, 0.3) is 0 Å². The van der Waals surface area contributed by atoms with E-state index in [1.165, 1.54) is 24.3 Å². The number of rotatable bonds is 3. The average Bonchev–Trinajstić information content (AvgIpc) is 2.47. The molecule has 0 amide bonds. The van der Waals surface area contributed by atoms with E-state index in [1.54, 1.807) is 12.1 Å². The zero-order valence-corrected chi connectivity index (χ0v) is 12.7. The SMILES string of the molecule is CN1CCOc2ccc(S(=O)(=O)Nc3cccc(F)c3)cc21. The summed E-state index contributed by atoms with van der Waals surface area (Å²) in [6, 6.07) is 9.98. The second-order valence-electron chi connectivity index (χ2n) is 5.02. The van der Waals surface area contributed by atoms with Gasteiger partial charge in [-0.3, -0.25) is 4.72 Å². The van der Waals surface area contributed by atoms with Crippen LogP contribution in [0.3, 0.4) is 0 Å². The Balaban J connectivity index is 1.94. The smallest absolute Gasteiger partial charge is 0.261 e. The molecular formula is C15H15FN2O3S. The van der Waals surface area contributed by atoms with Crippen LogP contribution >= 0.6 is 0 Å². The molecule has 1 N–H and O–H groups in total. The number of halogens is 1. The second kappa shape index (κ2) is 5.49. The van der Waals surface area contributed by atoms with Crippen LogP contribution in [0.2, 0.25) is 0 Å². The van der Waals surface area contributed by atoms with Gasteiger partial charge < -0.3 is 9.64 Å². The molecule has 22 heavy (non-hydrogen) atoms. The van der Waals surface area contributed by atoms with Crippen LogP contribution < -0.4 is 14.4 Å². The van der Waals surface area contributed by atoms with Crippen LogP contribution in [0.15, 0.2) is 47.4 Å². The first-order valence-electron chi connectivity index (χ1n) is 6.72. The third-order valence-electron chi connectivity index (χ3n) is 3.41. The molecule has 7 heteroatoms. The summed E-state index contributed by atoms with van der Waals surface area (Å²) in [5, 5.41) is 0. The van der Waals surface area contributed by atoms with Gasteiger partial charge in [-0.15, -0.1) is 0 Å². The molecule has 0 fully saturated rings. The monoisotopic (exact) mass is 322 g/mol. The van der Waals surface area contributed by atoms with Gasteiger partial charge in [-0.05, 0) is 36.4 Å². The number of nitrogens with zero attached hydrogens (tertiary/aromatic N) is 1. The Bertz CT molecular complexity index is 808. The predicted octanol–water partition coefficient (Wildman–Crippen LogP) is 2.46. The van der Waals surface area contributed by atoms with E-state index in [0.29, 0.717) is 24.6 Å². The third kappa shape index (κ3) is 2.85. The van der Waals surface area contributed by atoms with Crippen molar-refractivity contribution < 1.29 is 17.5 Å². The molecule has 1 aliphatic heterocycles. The van der Waals surface area contributed by atoms with Gasteiger partial charge in [0.15, 0.2) is 0 Å². The Morgan fingerprint density at radius 2 is 2.05 bits per heavy atom. The highest BCUT2D eigenvalue weighted by Crippen LogP contribution is 2.33. The lowest BCUT2D eigenvalue weighted by atomic mass is 10.2. The van der Waals surface area contributed by atoms with Crippen molar-refractivity contribution in [2.24, 2.45) is 0 Å². The van der Waals surface area contributed by atoms with E-state index in [1.807, 2.05) is 11.9 Å². The summed E-state index contributed by atoms with van der Waals surface area (Å²) in [5.74, 6) is 0.150. The first-order chi connectivity index (χ1) is 10.5. The fourth-order valence-electron chi connectivity index (χ4n) is 2.26. The molecule has 0 saturated heterocycles. The van der Waals surface area contributed by atoms with Crippen LogP contribution in [-0.4, -0.2) is 28.6 Å². The van der Waals surface area contributed by atoms with Gasteiger partial charge in [0.1, 0.15) is 18.2 Å². The summed E-state index contributed by atoms with van der Waals surface area (Å²) < 4.78 is 45.8. The fourth-order valence-corrected chi connectivity index (χ4v) is 3.33. The highest BCUT2D eigenvalue weighted by atomic mass is 32.2. The number of ether oxygens (including phenoxy) is 1. The lowest BCUT2D eigenvalue weighted by molar-refractivity contribution is 0.311. The van der Waals surface area contributed by atoms with E-state index in [-0.39, 0.29) is 10.6 Å². The van der Waals surface area contributed by atoms with Crippen molar-refractivity contribution >= 4 is 21.4 Å². The van der Waals surface area contributed by atoms with Crippen LogP contribution in [0, 0.1) is 5.82 Å². The summed E-state index contributed by atoms with van der Waals surface area (Å²) in [5.41, 5.74) is 0.899. The molecule has 116 valence electrons. The van der Waals surface area contributed by atoms with Crippen molar-refractivity contribution in [2.45, 2.75) is 4.90 Å². The number of hydrogen-bond acceptors (Lipinski definition) is 4. The molecule has 5 nitrogen and oxygen atoms in total. The van der Waals surface area contributed by atoms with Crippen molar-refractivity contribution in [1.29, 1.82) is 0 Å². The molecule has 0 unspecified atom stereocenters. The zero-order valence-electron chi connectivity index (χ0n) is 11.9. The van der Waals surface area contributed by atoms with Gasteiger partial charge in [0.2, 0.25) is 0 Å². The van der Waals surface area contributed by atoms with Crippen molar-refractivity contribution in [3.8, 4) is 5.75 Å². The Morgan fingerprint density at radius 1 is 1.23 bits per heavy atom. The number of hydrogen-bond donors (Lipinski definition) is 1. The maximum Gasteiger partial charge on any atom is 0.261 e. The molecule has 0 bridgehead atoms. The molecule has 0 saturated carbocycles. The molecule has 3 rings (SSSR count). The van der Waals surface area contributed by atoms with Gasteiger partial charge in [-0.2, -0.15) is 0 Å². The van der Waals surface area contributed by atoms with Crippen LogP contribution in [0.5, 0.6) is 5.75 Å². The average molecular weight is 322 g/mol. The van der Waals surface area contributed by atoms with Crippen LogP contribution in [-0.2, 0) is 10.0 Å². The van der Waals surface area contributed by atoms with Gasteiger partial charge in [0.05, 0.1) is 22.8 Å². The number of anilines is 2. The van der Waals surface area contributed by atoms with Crippen LogP contribution in [0.4, 0.5) is 15.8 Å². The van der Waals surface area contributed by atoms with E-state index in [0.717, 1.165) is 6.07 Å². The van der Waals surface area contributed by atoms with Gasteiger partial charge in [-0.25, -0.2) is 12.8 Å². The van der Waals surface area contributed by atoms with Gasteiger partial charge in [-0.1, -0.05) is 6.07 Å². The molecule has 0 atom stereocenters. The Morgan fingerprint density at radius 3 is 2.82 bits per heavy atom. The van der Waals surface area contributed by atoms with Crippen molar-refractivity contribution in [3.05, 3.63) is 48.3 Å². The topological polar surface area (TPSA) is 58.6 Å². The zero-order chi connectivity index (χ0) is 15.7. The number of nitrogens with one attached hydrogen (secondary N) is 1. The summed E-state index contributed by atoms with van der Waals surface area (Å²) >= 11 is 0. The molecule has 1 heterocycles. The minimum atomic E-state index is -3.79. The lowest BCUT2D eigenvalue weighted by Gasteiger charge is -2.28. The predicted molar refractivity (Wildman–Crippen MR) is 82.4 cm³/mol. The lowest BCUT2D eigenvalue weighted by Crippen LogP contribution is -2.29. The molecule has 2 aromatic rings. The largest absolute Gasteiger partial charge is 0.490 e. The minimum Gasteiger partial charge on any atom is -0.490 e. The van der Waals surface area contributed by atoms with Gasteiger partial charge in [0, 0.05) is 7.05 Å². The minimum absolute atomic E-state index is 0.105. The van der Waals surface area contributed by atoms with Crippen molar-refractivity contribution in [3.63, 3.8) is 0 Å². The Kier molecular flexibility index (Phi) is 3.66. The fraction of sp³-hybridized carbons (Fsp3) is 0.200. The number of benzene rings is 2. The molecule has 0 spiro atoms. The molecule has 1 aliphatic rings. The van der Waals surface area contributed by atoms with Crippen molar-refractivity contribution in [1.82, 2.24) is 0 Å². The Hall–Kier alpha value is -2.28. The van der Waals surface area contributed by atoms with Crippen molar-refractivity contribution in [2.75, 3.05) is 29.8 Å². The van der Waals surface area contributed by atoms with Crippen LogP contribution in [0.1, 0.15) is 0 Å².